The molecule has 1 aliphatic heterocycles. The summed E-state index contributed by atoms with van der Waals surface area (Å²) in [6.45, 7) is 2.51. The first kappa shape index (κ1) is 33.0. The number of hydrogen-bond acceptors (Lipinski definition) is 7. The van der Waals surface area contributed by atoms with Crippen molar-refractivity contribution in [2.24, 2.45) is 21.1 Å². The zero-order valence-electron chi connectivity index (χ0n) is 27.4. The number of aryl methyl sites for hydroxylation is 4. The number of aromatic nitrogens is 5. The number of methoxy groups -OCH3 is 1. The SMILES string of the molecule is COC(=O)c1c2c3ccc(Cl)c(c3n1C)-c1c(nn(C)c1C)CSCc1cc(n(C)n1)CSc1cc(c3cc(Cl)ccc3c1)OCCC2. The minimum atomic E-state index is -0.389. The van der Waals surface area contributed by atoms with Crippen molar-refractivity contribution in [1.29, 1.82) is 0 Å². The third kappa shape index (κ3) is 5.97. The highest BCUT2D eigenvalue weighted by molar-refractivity contribution is 7.98. The van der Waals surface area contributed by atoms with Crippen molar-refractivity contribution in [3.05, 3.63) is 92.6 Å². The van der Waals surface area contributed by atoms with Crippen LogP contribution in [0.15, 0.2) is 53.4 Å². The Hall–Kier alpha value is -3.57. The van der Waals surface area contributed by atoms with Gasteiger partial charge in [-0.15, -0.1) is 23.5 Å². The molecule has 0 N–H and O–H groups in total. The van der Waals surface area contributed by atoms with Crippen LogP contribution in [0, 0.1) is 6.92 Å². The van der Waals surface area contributed by atoms with Gasteiger partial charge in [0, 0.05) is 81.6 Å². The highest BCUT2D eigenvalue weighted by atomic mass is 35.5. The van der Waals surface area contributed by atoms with Crippen LogP contribution in [0.3, 0.4) is 0 Å². The molecule has 7 rings (SSSR count). The number of halogens is 2. The average Bonchev–Trinajstić information content (AvgIpc) is 3.66. The second kappa shape index (κ2) is 13.4. The Kier molecular flexibility index (Phi) is 9.19. The second-order valence-electron chi connectivity index (χ2n) is 12.0. The molecule has 0 aliphatic carbocycles. The number of fused-ring (bicyclic) bond motifs is 8. The molecule has 248 valence electrons. The number of esters is 1. The predicted octanol–water partition coefficient (Wildman–Crippen LogP) is 8.92. The zero-order valence-corrected chi connectivity index (χ0v) is 30.5. The molecule has 3 aromatic heterocycles. The van der Waals surface area contributed by atoms with Gasteiger partial charge in [0.2, 0.25) is 0 Å². The fourth-order valence-electron chi connectivity index (χ4n) is 6.64. The minimum Gasteiger partial charge on any atom is -0.493 e. The molecule has 12 heteroatoms. The lowest BCUT2D eigenvalue weighted by Gasteiger charge is -2.13. The van der Waals surface area contributed by atoms with Crippen LogP contribution < -0.4 is 4.74 Å². The number of ether oxygens (including phenoxy) is 2. The van der Waals surface area contributed by atoms with E-state index < -0.39 is 0 Å². The Morgan fingerprint density at radius 1 is 0.938 bits per heavy atom. The summed E-state index contributed by atoms with van der Waals surface area (Å²) in [7, 11) is 7.28. The lowest BCUT2D eigenvalue weighted by Crippen LogP contribution is -2.11. The molecule has 0 spiro atoms. The summed E-state index contributed by atoms with van der Waals surface area (Å²) in [5, 5.41) is 14.0. The minimum absolute atomic E-state index is 0.389. The van der Waals surface area contributed by atoms with E-state index in [-0.39, 0.29) is 5.97 Å². The number of carbonyl (C=O) groups is 1. The molecule has 8 bridgehead atoms. The van der Waals surface area contributed by atoms with Gasteiger partial charge in [0.05, 0.1) is 35.6 Å². The topological polar surface area (TPSA) is 76.1 Å². The fraction of sp³-hybridized carbons (Fsp3) is 0.306. The maximum atomic E-state index is 13.3. The quantitative estimate of drug-likeness (QED) is 0.157. The second-order valence-corrected chi connectivity index (χ2v) is 14.9. The largest absolute Gasteiger partial charge is 0.493 e. The van der Waals surface area contributed by atoms with Gasteiger partial charge >= 0.3 is 5.97 Å². The summed E-state index contributed by atoms with van der Waals surface area (Å²) >= 11 is 17.0. The van der Waals surface area contributed by atoms with Gasteiger partial charge in [-0.25, -0.2) is 4.79 Å². The first-order valence-electron chi connectivity index (χ1n) is 15.6. The summed E-state index contributed by atoms with van der Waals surface area (Å²) in [5.74, 6) is 2.57. The average molecular weight is 721 g/mol. The van der Waals surface area contributed by atoms with Gasteiger partial charge in [-0.1, -0.05) is 35.3 Å². The van der Waals surface area contributed by atoms with E-state index in [1.807, 2.05) is 65.4 Å². The van der Waals surface area contributed by atoms with Crippen LogP contribution in [0.4, 0.5) is 0 Å². The molecule has 1 aliphatic rings. The lowest BCUT2D eigenvalue weighted by atomic mass is 9.98. The Balaban J connectivity index is 1.37. The first-order valence-corrected chi connectivity index (χ1v) is 18.5. The van der Waals surface area contributed by atoms with Gasteiger partial charge in [-0.05, 0) is 67.1 Å². The van der Waals surface area contributed by atoms with Gasteiger partial charge in [-0.2, -0.15) is 10.2 Å². The van der Waals surface area contributed by atoms with E-state index in [0.29, 0.717) is 40.9 Å². The van der Waals surface area contributed by atoms with Crippen LogP contribution in [0.25, 0.3) is 32.8 Å². The van der Waals surface area contributed by atoms with Gasteiger partial charge in [0.15, 0.2) is 0 Å². The fourth-order valence-corrected chi connectivity index (χ4v) is 8.89. The van der Waals surface area contributed by atoms with E-state index in [1.165, 1.54) is 7.11 Å². The van der Waals surface area contributed by atoms with Crippen molar-refractivity contribution in [2.45, 2.75) is 41.9 Å². The Labute approximate surface area is 297 Å². The van der Waals surface area contributed by atoms with Crippen molar-refractivity contribution in [3.8, 4) is 16.9 Å². The van der Waals surface area contributed by atoms with Crippen molar-refractivity contribution in [1.82, 2.24) is 24.1 Å². The summed E-state index contributed by atoms with van der Waals surface area (Å²) < 4.78 is 17.6. The Morgan fingerprint density at radius 2 is 1.77 bits per heavy atom. The molecular formula is C36H35Cl2N5O3S2. The zero-order chi connectivity index (χ0) is 33.7. The monoisotopic (exact) mass is 719 g/mol. The normalized spacial score (nSPS) is 14.1. The molecule has 0 radical (unpaired) electrons. The van der Waals surface area contributed by atoms with Crippen LogP contribution in [0.2, 0.25) is 10.0 Å². The first-order chi connectivity index (χ1) is 23.1. The number of thioether (sulfide) groups is 2. The van der Waals surface area contributed by atoms with Crippen molar-refractivity contribution < 1.29 is 14.3 Å². The van der Waals surface area contributed by atoms with E-state index in [2.05, 4.69) is 25.1 Å². The van der Waals surface area contributed by atoms with Gasteiger partial charge < -0.3 is 14.0 Å². The summed E-state index contributed by atoms with van der Waals surface area (Å²) in [6.07, 6.45) is 1.28. The molecule has 0 unspecified atom stereocenters. The van der Waals surface area contributed by atoms with Gasteiger partial charge in [-0.3, -0.25) is 9.36 Å². The molecule has 48 heavy (non-hydrogen) atoms. The molecular weight excluding hydrogens is 685 g/mol. The highest BCUT2D eigenvalue weighted by Gasteiger charge is 2.28. The molecule has 4 heterocycles. The number of carbonyl (C=O) groups excluding carboxylic acids is 1. The Bertz CT molecular complexity index is 2220. The smallest absolute Gasteiger partial charge is 0.354 e. The number of rotatable bonds is 1. The molecule has 3 aromatic carbocycles. The van der Waals surface area contributed by atoms with Crippen molar-refractivity contribution in [2.75, 3.05) is 13.7 Å². The van der Waals surface area contributed by atoms with Crippen molar-refractivity contribution >= 4 is 74.4 Å². The van der Waals surface area contributed by atoms with Crippen molar-refractivity contribution in [3.63, 3.8) is 0 Å². The standard InChI is InChI=1S/C36H35Cl2N5O3S2/c1-20-32-30(40-42(20)3)19-47-17-23-15-24(43(4)39-23)18-48-25-13-21-8-9-22(37)14-28(21)31(16-25)46-12-6-7-26-27-10-11-29(38)33(32)34(27)41(2)35(26)36(44)45-5/h8-11,13-16H,6-7,12,17-19H2,1-5H3. The van der Waals surface area contributed by atoms with E-state index in [9.17, 15) is 4.79 Å². The Morgan fingerprint density at radius 3 is 2.58 bits per heavy atom. The lowest BCUT2D eigenvalue weighted by molar-refractivity contribution is 0.0589. The number of nitrogens with zero attached hydrogens (tertiary/aromatic N) is 5. The van der Waals surface area contributed by atoms with E-state index in [1.54, 1.807) is 23.5 Å². The summed E-state index contributed by atoms with van der Waals surface area (Å²) in [4.78, 5) is 14.4. The van der Waals surface area contributed by atoms with Crippen LogP contribution >= 0.6 is 46.7 Å². The summed E-state index contributed by atoms with van der Waals surface area (Å²) in [6, 6.07) is 16.3. The maximum Gasteiger partial charge on any atom is 0.354 e. The molecule has 0 atom stereocenters. The van der Waals surface area contributed by atoms with E-state index in [0.717, 1.165) is 83.3 Å². The third-order valence-electron chi connectivity index (χ3n) is 9.03. The molecule has 0 amide bonds. The van der Waals surface area contributed by atoms with Gasteiger partial charge in [0.1, 0.15) is 11.4 Å². The molecule has 0 fully saturated rings. The maximum absolute atomic E-state index is 13.3. The predicted molar refractivity (Wildman–Crippen MR) is 197 cm³/mol. The van der Waals surface area contributed by atoms with E-state index >= 15 is 0 Å². The molecule has 0 saturated carbocycles. The van der Waals surface area contributed by atoms with Crippen LogP contribution in [0.1, 0.15) is 45.2 Å². The van der Waals surface area contributed by atoms with Crippen LogP contribution in [0.5, 0.6) is 5.75 Å². The van der Waals surface area contributed by atoms with Crippen LogP contribution in [-0.4, -0.2) is 43.8 Å². The molecule has 6 aromatic rings. The third-order valence-corrected chi connectivity index (χ3v) is 11.6. The summed E-state index contributed by atoms with van der Waals surface area (Å²) in [5.41, 5.74) is 8.26. The molecule has 0 saturated heterocycles. The number of hydrogen-bond donors (Lipinski definition) is 0. The number of benzene rings is 3. The van der Waals surface area contributed by atoms with Crippen LogP contribution in [-0.2, 0) is 49.6 Å². The van der Waals surface area contributed by atoms with Gasteiger partial charge in [0.25, 0.3) is 0 Å². The highest BCUT2D eigenvalue weighted by Crippen LogP contribution is 2.43. The molecule has 8 nitrogen and oxygen atoms in total. The van der Waals surface area contributed by atoms with E-state index in [4.69, 9.17) is 42.9 Å².